The van der Waals surface area contributed by atoms with Gasteiger partial charge in [-0.1, -0.05) is 13.8 Å². The van der Waals surface area contributed by atoms with Crippen molar-refractivity contribution in [2.45, 2.75) is 135 Å². The molecule has 38 heavy (non-hydrogen) atoms. The summed E-state index contributed by atoms with van der Waals surface area (Å²) in [6.07, 6.45) is 6.62. The maximum Gasteiger partial charge on any atom is 0.312 e. The molecule has 0 aromatic carbocycles. The molecule has 8 heteroatoms. The zero-order chi connectivity index (χ0) is 27.9. The number of ether oxygens (including phenoxy) is 3. The predicted octanol–water partition coefficient (Wildman–Crippen LogP) is 4.08. The first-order chi connectivity index (χ1) is 17.5. The Bertz CT molecular complexity index is 982. The van der Waals surface area contributed by atoms with Crippen LogP contribution in [0.25, 0.3) is 0 Å². The number of hydrogen-bond donors (Lipinski definition) is 2. The van der Waals surface area contributed by atoms with Crippen molar-refractivity contribution >= 4 is 17.9 Å². The van der Waals surface area contributed by atoms with E-state index < -0.39 is 27.6 Å². The molecule has 7 aliphatic rings. The maximum atomic E-state index is 12.4. The van der Waals surface area contributed by atoms with Gasteiger partial charge in [-0.2, -0.15) is 0 Å². The van der Waals surface area contributed by atoms with E-state index >= 15 is 0 Å². The summed E-state index contributed by atoms with van der Waals surface area (Å²) in [7, 11) is 0. The van der Waals surface area contributed by atoms with Gasteiger partial charge in [-0.3, -0.25) is 14.4 Å². The van der Waals surface area contributed by atoms with Gasteiger partial charge in [0.15, 0.2) is 0 Å². The van der Waals surface area contributed by atoms with Crippen LogP contribution in [0.4, 0.5) is 0 Å². The lowest BCUT2D eigenvalue weighted by Crippen LogP contribution is -2.67. The van der Waals surface area contributed by atoms with Gasteiger partial charge in [0.2, 0.25) is 0 Å². The zero-order valence-electron chi connectivity index (χ0n) is 23.9. The molecule has 214 valence electrons. The highest BCUT2D eigenvalue weighted by atomic mass is 16.6. The molecule has 7 unspecified atom stereocenters. The molecule has 0 aromatic heterocycles. The van der Waals surface area contributed by atoms with E-state index in [9.17, 15) is 24.6 Å². The highest BCUT2D eigenvalue weighted by molar-refractivity contribution is 5.78. The molecule has 0 amide bonds. The summed E-state index contributed by atoms with van der Waals surface area (Å²) in [4.78, 5) is 36.1. The van der Waals surface area contributed by atoms with E-state index in [0.717, 1.165) is 44.9 Å². The third kappa shape index (κ3) is 4.67. The Labute approximate surface area is 226 Å². The molecule has 7 atom stereocenters. The molecule has 1 saturated heterocycles. The van der Waals surface area contributed by atoms with Gasteiger partial charge >= 0.3 is 17.9 Å². The fourth-order valence-corrected chi connectivity index (χ4v) is 8.33. The third-order valence-corrected chi connectivity index (χ3v) is 10.8. The number of hydrogen-bond acceptors (Lipinski definition) is 8. The minimum absolute atomic E-state index is 0.0779. The largest absolute Gasteiger partial charge is 0.458 e. The molecule has 1 heterocycles. The standard InChI is InChI=1S/C16H26O4.C14H20O4/c1-4-13(2,3)12(17)20-16-7-11-5-14(18,9-16)8-15(19,6-11)10-16;1-4-14(2,3)13(16)18-10-7-5-8-9(6-7)12(15)17-11(8)10/h11,18-19H,4-10H2,1-3H3;7-11H,4-6H2,1-3H3. The van der Waals surface area contributed by atoms with E-state index in [1.165, 1.54) is 0 Å². The van der Waals surface area contributed by atoms with Crippen molar-refractivity contribution in [3.8, 4) is 0 Å². The molecule has 0 spiro atoms. The van der Waals surface area contributed by atoms with Crippen LogP contribution in [-0.4, -0.2) is 57.1 Å². The first-order valence-electron chi connectivity index (χ1n) is 14.6. The minimum atomic E-state index is -0.842. The Morgan fingerprint density at radius 2 is 1.50 bits per heavy atom. The van der Waals surface area contributed by atoms with Crippen molar-refractivity contribution in [3.05, 3.63) is 0 Å². The second-order valence-corrected chi connectivity index (χ2v) is 14.8. The van der Waals surface area contributed by atoms with Crippen LogP contribution in [0.1, 0.15) is 106 Å². The SMILES string of the molecule is CCC(C)(C)C(=O)OC12CC3CC(O)(CC(O)(C3)C1)C2.CCC(C)(C)C(=O)OC1C2CC3C(=O)OC1C3C2. The lowest BCUT2D eigenvalue weighted by atomic mass is 9.50. The quantitative estimate of drug-likeness (QED) is 0.386. The van der Waals surface area contributed by atoms with Crippen LogP contribution in [0.2, 0.25) is 0 Å². The monoisotopic (exact) mass is 534 g/mol. The van der Waals surface area contributed by atoms with Crippen LogP contribution in [0.15, 0.2) is 0 Å². The Balaban J connectivity index is 0.000000156. The summed E-state index contributed by atoms with van der Waals surface area (Å²) in [6, 6.07) is 0. The van der Waals surface area contributed by atoms with Crippen molar-refractivity contribution in [1.29, 1.82) is 0 Å². The van der Waals surface area contributed by atoms with Crippen LogP contribution in [0.5, 0.6) is 0 Å². The Morgan fingerprint density at radius 3 is 2.05 bits per heavy atom. The lowest BCUT2D eigenvalue weighted by molar-refractivity contribution is -0.264. The van der Waals surface area contributed by atoms with Crippen LogP contribution in [0, 0.1) is 34.5 Å². The van der Waals surface area contributed by atoms with Crippen LogP contribution < -0.4 is 0 Å². The average Bonchev–Trinajstić information content (AvgIpc) is 3.42. The number of carbonyl (C=O) groups is 3. The van der Waals surface area contributed by atoms with E-state index in [-0.39, 0.29) is 42.0 Å². The van der Waals surface area contributed by atoms with Gasteiger partial charge in [0.05, 0.1) is 27.9 Å². The van der Waals surface area contributed by atoms with Crippen molar-refractivity contribution in [3.63, 3.8) is 0 Å². The summed E-state index contributed by atoms with van der Waals surface area (Å²) in [5.74, 6) is 0.531. The predicted molar refractivity (Wildman–Crippen MR) is 138 cm³/mol. The first-order valence-corrected chi connectivity index (χ1v) is 14.6. The molecule has 2 N–H and O–H groups in total. The van der Waals surface area contributed by atoms with E-state index in [0.29, 0.717) is 31.1 Å². The molecular formula is C30H46O8. The second kappa shape index (κ2) is 8.92. The summed E-state index contributed by atoms with van der Waals surface area (Å²) >= 11 is 0. The molecule has 0 radical (unpaired) electrons. The van der Waals surface area contributed by atoms with Gasteiger partial charge in [-0.25, -0.2) is 0 Å². The number of fused-ring (bicyclic) bond motifs is 1. The molecule has 6 bridgehead atoms. The van der Waals surface area contributed by atoms with E-state index in [1.807, 2.05) is 41.5 Å². The van der Waals surface area contributed by atoms with Gasteiger partial charge in [-0.05, 0) is 78.6 Å². The number of carbonyl (C=O) groups excluding carboxylic acids is 3. The van der Waals surface area contributed by atoms with Crippen LogP contribution in [0.3, 0.4) is 0 Å². The average molecular weight is 535 g/mol. The van der Waals surface area contributed by atoms with Crippen molar-refractivity contribution in [2.24, 2.45) is 34.5 Å². The van der Waals surface area contributed by atoms with Crippen molar-refractivity contribution < 1.29 is 38.8 Å². The van der Waals surface area contributed by atoms with Crippen LogP contribution >= 0.6 is 0 Å². The zero-order valence-corrected chi connectivity index (χ0v) is 23.9. The lowest BCUT2D eigenvalue weighted by Gasteiger charge is -2.62. The third-order valence-electron chi connectivity index (χ3n) is 10.8. The van der Waals surface area contributed by atoms with E-state index in [1.54, 1.807) is 0 Å². The topological polar surface area (TPSA) is 119 Å². The van der Waals surface area contributed by atoms with E-state index in [2.05, 4.69) is 0 Å². The maximum absolute atomic E-state index is 12.4. The smallest absolute Gasteiger partial charge is 0.312 e. The second-order valence-electron chi connectivity index (χ2n) is 14.8. The Hall–Kier alpha value is -1.67. The number of rotatable bonds is 6. The number of aliphatic hydroxyl groups is 2. The summed E-state index contributed by atoms with van der Waals surface area (Å²) < 4.78 is 16.9. The normalized spacial score (nSPS) is 43.9. The van der Waals surface area contributed by atoms with Gasteiger partial charge in [0, 0.05) is 31.1 Å². The molecule has 7 rings (SSSR count). The molecule has 1 aliphatic heterocycles. The first kappa shape index (κ1) is 27.9. The molecule has 0 aromatic rings. The Morgan fingerprint density at radius 1 is 0.921 bits per heavy atom. The fourth-order valence-electron chi connectivity index (χ4n) is 8.33. The minimum Gasteiger partial charge on any atom is -0.458 e. The van der Waals surface area contributed by atoms with Gasteiger partial charge in [0.1, 0.15) is 17.8 Å². The summed E-state index contributed by atoms with van der Waals surface area (Å²) in [5.41, 5.74) is -3.29. The molecule has 6 saturated carbocycles. The fraction of sp³-hybridized carbons (Fsp3) is 0.900. The van der Waals surface area contributed by atoms with Gasteiger partial charge < -0.3 is 24.4 Å². The highest BCUT2D eigenvalue weighted by Gasteiger charge is 2.65. The summed E-state index contributed by atoms with van der Waals surface area (Å²) in [6.45, 7) is 11.5. The molecule has 7 fully saturated rings. The van der Waals surface area contributed by atoms with Crippen LogP contribution in [-0.2, 0) is 28.6 Å². The molecule has 6 aliphatic carbocycles. The highest BCUT2D eigenvalue weighted by Crippen LogP contribution is 2.61. The van der Waals surface area contributed by atoms with Crippen molar-refractivity contribution in [1.82, 2.24) is 0 Å². The molecule has 8 nitrogen and oxygen atoms in total. The van der Waals surface area contributed by atoms with Gasteiger partial charge in [0.25, 0.3) is 0 Å². The number of esters is 3. The van der Waals surface area contributed by atoms with Gasteiger partial charge in [-0.15, -0.1) is 0 Å². The Kier molecular flexibility index (Phi) is 6.54. The van der Waals surface area contributed by atoms with Crippen molar-refractivity contribution in [2.75, 3.05) is 0 Å². The summed E-state index contributed by atoms with van der Waals surface area (Å²) in [5, 5.41) is 21.3. The molecular weight excluding hydrogens is 488 g/mol. The van der Waals surface area contributed by atoms with E-state index in [4.69, 9.17) is 14.2 Å².